The zero-order chi connectivity index (χ0) is 41.8. The molecule has 0 unspecified atom stereocenters. The summed E-state index contributed by atoms with van der Waals surface area (Å²) >= 11 is 0. The number of nitrogens with zero attached hydrogens (tertiary/aromatic N) is 2. The predicted octanol–water partition coefficient (Wildman–Crippen LogP) is 14.6. The molecular formula is C51H52F3IrN2O2-. The van der Waals surface area contributed by atoms with Crippen LogP contribution in [-0.2, 0) is 36.5 Å². The molecule has 7 rings (SSSR count). The van der Waals surface area contributed by atoms with Gasteiger partial charge in [0.25, 0.3) is 0 Å². The number of carbonyl (C=O) groups is 1. The third-order valence-corrected chi connectivity index (χ3v) is 11.2. The van der Waals surface area contributed by atoms with Gasteiger partial charge in [-0.15, -0.1) is 29.1 Å². The SMILES string of the molecule is CC(C)(C)c1cc(-c2cc(-c3ccc(-n4c5ccccc5c5ccccc54)cc3)c(C(F)(F)F)cn2)[c-]c2ccccc12.CCC(CC)C(=O)/C=C(\O)C(CC)CC.[Ir]. The van der Waals surface area contributed by atoms with Crippen molar-refractivity contribution in [2.24, 2.45) is 11.8 Å². The first-order valence-corrected chi connectivity index (χ1v) is 20.3. The van der Waals surface area contributed by atoms with Crippen LogP contribution >= 0.6 is 0 Å². The normalized spacial score (nSPS) is 12.2. The fraction of sp³-hybridized carbons (Fsp3) is 0.294. The van der Waals surface area contributed by atoms with Gasteiger partial charge in [0.15, 0.2) is 5.78 Å². The van der Waals surface area contributed by atoms with Gasteiger partial charge in [-0.25, -0.2) is 0 Å². The first-order chi connectivity index (χ1) is 27.7. The summed E-state index contributed by atoms with van der Waals surface area (Å²) in [4.78, 5) is 16.0. The molecule has 0 bridgehead atoms. The van der Waals surface area contributed by atoms with Crippen molar-refractivity contribution in [3.05, 3.63) is 144 Å². The van der Waals surface area contributed by atoms with E-state index in [0.717, 1.165) is 75.7 Å². The monoisotopic (exact) mass is 974 g/mol. The van der Waals surface area contributed by atoms with Gasteiger partial charge in [-0.05, 0) is 66.5 Å². The Balaban J connectivity index is 0.000000355. The number of halogens is 3. The van der Waals surface area contributed by atoms with Gasteiger partial charge in [0.2, 0.25) is 0 Å². The average Bonchev–Trinajstić information content (AvgIpc) is 3.55. The number of para-hydroxylation sites is 2. The largest absolute Gasteiger partial charge is 0.512 e. The number of hydrogen-bond donors (Lipinski definition) is 1. The molecule has 2 aromatic heterocycles. The van der Waals surface area contributed by atoms with Crippen molar-refractivity contribution in [3.63, 3.8) is 0 Å². The molecular weight excluding hydrogens is 922 g/mol. The van der Waals surface area contributed by atoms with Crippen LogP contribution in [0.15, 0.2) is 127 Å². The molecule has 8 heteroatoms. The number of aromatic nitrogens is 2. The van der Waals surface area contributed by atoms with Crippen molar-refractivity contribution in [2.75, 3.05) is 0 Å². The van der Waals surface area contributed by atoms with Gasteiger partial charge in [0, 0.05) is 66.4 Å². The third kappa shape index (κ3) is 9.72. The molecule has 7 aromatic rings. The second-order valence-electron chi connectivity index (χ2n) is 15.9. The Hall–Kier alpha value is -5.04. The zero-order valence-electron chi connectivity index (χ0n) is 34.7. The molecule has 0 fully saturated rings. The van der Waals surface area contributed by atoms with E-state index < -0.39 is 11.7 Å². The van der Waals surface area contributed by atoms with Crippen LogP contribution in [0, 0.1) is 17.9 Å². The molecule has 0 atom stereocenters. The molecule has 0 aliphatic rings. The predicted molar refractivity (Wildman–Crippen MR) is 233 cm³/mol. The summed E-state index contributed by atoms with van der Waals surface area (Å²) in [5.74, 6) is 0.547. The Morgan fingerprint density at radius 1 is 0.729 bits per heavy atom. The molecule has 4 nitrogen and oxygen atoms in total. The molecule has 0 amide bonds. The zero-order valence-corrected chi connectivity index (χ0v) is 37.1. The number of rotatable bonds is 10. The molecule has 1 radical (unpaired) electrons. The number of carbonyl (C=O) groups excluding carboxylic acids is 1. The second kappa shape index (κ2) is 18.9. The fourth-order valence-corrected chi connectivity index (χ4v) is 7.83. The molecule has 309 valence electrons. The summed E-state index contributed by atoms with van der Waals surface area (Å²) < 4.78 is 45.0. The molecule has 0 saturated heterocycles. The van der Waals surface area contributed by atoms with E-state index in [-0.39, 0.29) is 54.5 Å². The van der Waals surface area contributed by atoms with Crippen LogP contribution in [0.2, 0.25) is 0 Å². The Bertz CT molecular complexity index is 2520. The third-order valence-electron chi connectivity index (χ3n) is 11.2. The van der Waals surface area contributed by atoms with Crippen molar-refractivity contribution >= 4 is 38.4 Å². The number of aliphatic hydroxyl groups is 1. The first-order valence-electron chi connectivity index (χ1n) is 20.3. The quantitative estimate of drug-likeness (QED) is 0.0844. The summed E-state index contributed by atoms with van der Waals surface area (Å²) in [6.07, 6.45) is 1.30. The van der Waals surface area contributed by atoms with Crippen molar-refractivity contribution in [1.82, 2.24) is 9.55 Å². The summed E-state index contributed by atoms with van der Waals surface area (Å²) in [6, 6.07) is 38.5. The van der Waals surface area contributed by atoms with Crippen LogP contribution < -0.4 is 0 Å². The van der Waals surface area contributed by atoms with E-state index >= 15 is 0 Å². The molecule has 1 N–H and O–H groups in total. The second-order valence-corrected chi connectivity index (χ2v) is 15.9. The number of aliphatic hydroxyl groups excluding tert-OH is 1. The minimum Gasteiger partial charge on any atom is -0.512 e. The van der Waals surface area contributed by atoms with Crippen molar-refractivity contribution in [1.29, 1.82) is 0 Å². The molecule has 0 aliphatic heterocycles. The average molecular weight is 974 g/mol. The van der Waals surface area contributed by atoms with E-state index in [1.807, 2.05) is 88.4 Å². The number of ketones is 1. The van der Waals surface area contributed by atoms with Crippen LogP contribution in [-0.4, -0.2) is 20.4 Å². The van der Waals surface area contributed by atoms with E-state index in [2.05, 4.69) is 66.7 Å². The van der Waals surface area contributed by atoms with Crippen LogP contribution in [0.5, 0.6) is 0 Å². The summed E-state index contributed by atoms with van der Waals surface area (Å²) in [5.41, 5.74) is 4.78. The van der Waals surface area contributed by atoms with E-state index in [4.69, 9.17) is 0 Å². The number of alkyl halides is 3. The molecule has 0 saturated carbocycles. The van der Waals surface area contributed by atoms with Gasteiger partial charge < -0.3 is 9.67 Å². The molecule has 0 aliphatic carbocycles. The maximum atomic E-state index is 14.3. The van der Waals surface area contributed by atoms with Crippen LogP contribution in [0.3, 0.4) is 0 Å². The van der Waals surface area contributed by atoms with Gasteiger partial charge in [-0.3, -0.25) is 9.78 Å². The molecule has 2 heterocycles. The minimum absolute atomic E-state index is 0. The number of pyridine rings is 1. The smallest absolute Gasteiger partial charge is 0.418 e. The number of fused-ring (bicyclic) bond motifs is 4. The molecule has 5 aromatic carbocycles. The Labute approximate surface area is 359 Å². The summed E-state index contributed by atoms with van der Waals surface area (Å²) in [5, 5.41) is 14.0. The maximum absolute atomic E-state index is 14.3. The summed E-state index contributed by atoms with van der Waals surface area (Å²) in [6.45, 7) is 14.5. The van der Waals surface area contributed by atoms with E-state index in [9.17, 15) is 23.1 Å². The number of allylic oxidation sites excluding steroid dienone is 2. The number of benzene rings is 5. The minimum atomic E-state index is -4.56. The van der Waals surface area contributed by atoms with E-state index in [0.29, 0.717) is 16.8 Å². The maximum Gasteiger partial charge on any atom is 0.418 e. The van der Waals surface area contributed by atoms with Crippen molar-refractivity contribution in [2.45, 2.75) is 85.7 Å². The van der Waals surface area contributed by atoms with Crippen LogP contribution in [0.4, 0.5) is 13.2 Å². The van der Waals surface area contributed by atoms with Gasteiger partial charge in [0.1, 0.15) is 0 Å². The van der Waals surface area contributed by atoms with Crippen molar-refractivity contribution in [3.8, 4) is 28.1 Å². The van der Waals surface area contributed by atoms with Gasteiger partial charge in [-0.1, -0.05) is 132 Å². The van der Waals surface area contributed by atoms with Gasteiger partial charge in [-0.2, -0.15) is 13.2 Å². The molecule has 0 spiro atoms. The van der Waals surface area contributed by atoms with Crippen LogP contribution in [0.1, 0.15) is 85.3 Å². The number of hydrogen-bond acceptors (Lipinski definition) is 3. The van der Waals surface area contributed by atoms with E-state index in [1.54, 1.807) is 18.2 Å². The Kier molecular flexibility index (Phi) is 14.4. The van der Waals surface area contributed by atoms with Crippen LogP contribution in [0.25, 0.3) is 60.6 Å². The van der Waals surface area contributed by atoms with E-state index in [1.165, 1.54) is 6.08 Å². The van der Waals surface area contributed by atoms with Gasteiger partial charge in [0.05, 0.1) is 22.4 Å². The topological polar surface area (TPSA) is 55.1 Å². The van der Waals surface area contributed by atoms with Crippen molar-refractivity contribution < 1.29 is 43.2 Å². The first kappa shape index (κ1) is 45.1. The Morgan fingerprint density at radius 3 is 1.78 bits per heavy atom. The fourth-order valence-electron chi connectivity index (χ4n) is 7.83. The standard InChI is InChI=1S/C38H28F3N2.C13H24O2.Ir/c1-37(2,3)32-21-26(20-25-10-4-5-11-28(25)32)34-22-31(33(23-42-34)38(39,40)41)24-16-18-27(19-17-24)43-35-14-8-6-12-29(35)30-13-7-9-15-36(30)43;1-5-10(6-2)12(14)9-13(15)11(7-3)8-4;/h4-19,21-23H,1-3H3;9-11,14H,5-8H2,1-4H3;/q-1;;/b;12-9-;. The molecule has 59 heavy (non-hydrogen) atoms. The summed E-state index contributed by atoms with van der Waals surface area (Å²) in [7, 11) is 0. The van der Waals surface area contributed by atoms with Gasteiger partial charge >= 0.3 is 6.18 Å². The Morgan fingerprint density at radius 2 is 1.25 bits per heavy atom.